The van der Waals surface area contributed by atoms with Crippen LogP contribution >= 0.6 is 0 Å². The Balaban J connectivity index is 1.11. The Bertz CT molecular complexity index is 1080. The van der Waals surface area contributed by atoms with E-state index in [-0.39, 0.29) is 6.61 Å². The Morgan fingerprint density at radius 2 is 1.66 bits per heavy atom. The van der Waals surface area contributed by atoms with Gasteiger partial charge in [0.25, 0.3) is 0 Å². The topological polar surface area (TPSA) is 91.4 Å². The number of fused-ring (bicyclic) bond motifs is 1. The van der Waals surface area contributed by atoms with Crippen molar-refractivity contribution < 1.29 is 14.6 Å². The van der Waals surface area contributed by atoms with E-state index < -0.39 is 6.10 Å². The van der Waals surface area contributed by atoms with Crippen molar-refractivity contribution in [1.82, 2.24) is 15.5 Å². The second-order valence-electron chi connectivity index (χ2n) is 7.48. The van der Waals surface area contributed by atoms with Gasteiger partial charge in [0.1, 0.15) is 30.8 Å². The van der Waals surface area contributed by atoms with Gasteiger partial charge in [-0.05, 0) is 42.0 Å². The molecule has 0 bridgehead atoms. The quantitative estimate of drug-likeness (QED) is 0.256. The number of nitrogens with one attached hydrogen (secondary N) is 3. The highest BCUT2D eigenvalue weighted by Crippen LogP contribution is 2.21. The molecule has 1 unspecified atom stereocenters. The van der Waals surface area contributed by atoms with E-state index in [0.717, 1.165) is 41.0 Å². The second-order valence-corrected chi connectivity index (χ2v) is 7.48. The van der Waals surface area contributed by atoms with Crippen LogP contribution in [0.1, 0.15) is 5.56 Å². The molecule has 4 rings (SSSR count). The number of aliphatic hydroxyl groups is 1. The summed E-state index contributed by atoms with van der Waals surface area (Å²) < 4.78 is 11.5. The van der Waals surface area contributed by atoms with Gasteiger partial charge in [-0.25, -0.2) is 0 Å². The van der Waals surface area contributed by atoms with Gasteiger partial charge in [0.15, 0.2) is 0 Å². The molecular weight excluding hydrogens is 404 g/mol. The minimum Gasteiger partial charge on any atom is -0.491 e. The SMILES string of the molecule is OC(CNCCNc1cccc2[nH]ncc12)COc1ccc(OCc2ccccc2)cc1. The van der Waals surface area contributed by atoms with Crippen molar-refractivity contribution in [2.45, 2.75) is 12.7 Å². The van der Waals surface area contributed by atoms with Crippen LogP contribution in [-0.2, 0) is 6.61 Å². The monoisotopic (exact) mass is 432 g/mol. The minimum atomic E-state index is -0.596. The zero-order valence-corrected chi connectivity index (χ0v) is 17.8. The summed E-state index contributed by atoms with van der Waals surface area (Å²) in [5, 5.41) is 24.9. The fourth-order valence-corrected chi connectivity index (χ4v) is 3.30. The van der Waals surface area contributed by atoms with Gasteiger partial charge in [-0.1, -0.05) is 36.4 Å². The fraction of sp³-hybridized carbons (Fsp3) is 0.240. The number of benzene rings is 3. The number of aromatic amines is 1. The summed E-state index contributed by atoms with van der Waals surface area (Å²) in [5.41, 5.74) is 3.17. The van der Waals surface area contributed by atoms with E-state index in [9.17, 15) is 5.11 Å². The summed E-state index contributed by atoms with van der Waals surface area (Å²) >= 11 is 0. The first-order chi connectivity index (χ1) is 15.8. The van der Waals surface area contributed by atoms with Gasteiger partial charge < -0.3 is 25.2 Å². The highest BCUT2D eigenvalue weighted by molar-refractivity contribution is 5.90. The lowest BCUT2D eigenvalue weighted by molar-refractivity contribution is 0.107. The lowest BCUT2D eigenvalue weighted by Gasteiger charge is -2.14. The van der Waals surface area contributed by atoms with E-state index in [1.165, 1.54) is 0 Å². The van der Waals surface area contributed by atoms with Crippen molar-refractivity contribution in [1.29, 1.82) is 0 Å². The molecule has 0 spiro atoms. The number of hydrogen-bond donors (Lipinski definition) is 4. The van der Waals surface area contributed by atoms with Crippen LogP contribution in [0.4, 0.5) is 5.69 Å². The molecular formula is C25H28N4O3. The van der Waals surface area contributed by atoms with Crippen LogP contribution in [0.5, 0.6) is 11.5 Å². The largest absolute Gasteiger partial charge is 0.491 e. The van der Waals surface area contributed by atoms with Crippen molar-refractivity contribution in [3.8, 4) is 11.5 Å². The summed E-state index contributed by atoms with van der Waals surface area (Å²) in [7, 11) is 0. The molecule has 1 heterocycles. The number of nitrogens with zero attached hydrogens (tertiary/aromatic N) is 1. The molecule has 0 aliphatic heterocycles. The van der Waals surface area contributed by atoms with Crippen molar-refractivity contribution in [3.63, 3.8) is 0 Å². The van der Waals surface area contributed by atoms with Crippen molar-refractivity contribution in [2.24, 2.45) is 0 Å². The molecule has 7 nitrogen and oxygen atoms in total. The molecule has 0 aliphatic rings. The molecule has 4 N–H and O–H groups in total. The predicted molar refractivity (Wildman–Crippen MR) is 126 cm³/mol. The van der Waals surface area contributed by atoms with Crippen molar-refractivity contribution in [2.75, 3.05) is 31.6 Å². The first kappa shape index (κ1) is 21.7. The fourth-order valence-electron chi connectivity index (χ4n) is 3.30. The van der Waals surface area contributed by atoms with Crippen LogP contribution in [0, 0.1) is 0 Å². The molecule has 4 aromatic rings. The van der Waals surface area contributed by atoms with Gasteiger partial charge >= 0.3 is 0 Å². The van der Waals surface area contributed by atoms with Gasteiger partial charge in [-0.2, -0.15) is 5.10 Å². The summed E-state index contributed by atoms with van der Waals surface area (Å²) in [6.07, 6.45) is 1.22. The third kappa shape index (κ3) is 6.23. The molecule has 3 aromatic carbocycles. The van der Waals surface area contributed by atoms with E-state index in [0.29, 0.717) is 18.9 Å². The molecule has 0 aliphatic carbocycles. The van der Waals surface area contributed by atoms with Gasteiger partial charge in [0, 0.05) is 30.7 Å². The van der Waals surface area contributed by atoms with E-state index in [4.69, 9.17) is 9.47 Å². The van der Waals surface area contributed by atoms with Crippen LogP contribution in [-0.4, -0.2) is 47.6 Å². The van der Waals surface area contributed by atoms with E-state index in [2.05, 4.69) is 20.8 Å². The number of ether oxygens (including phenoxy) is 2. The smallest absolute Gasteiger partial charge is 0.120 e. The van der Waals surface area contributed by atoms with Crippen LogP contribution in [0.2, 0.25) is 0 Å². The number of H-pyrrole nitrogens is 1. The van der Waals surface area contributed by atoms with Crippen LogP contribution in [0.3, 0.4) is 0 Å². The molecule has 0 radical (unpaired) electrons. The molecule has 0 saturated carbocycles. The Labute approximate surface area is 187 Å². The highest BCUT2D eigenvalue weighted by Gasteiger charge is 2.06. The van der Waals surface area contributed by atoms with Crippen LogP contribution in [0.15, 0.2) is 79.0 Å². The molecule has 166 valence electrons. The van der Waals surface area contributed by atoms with Crippen molar-refractivity contribution in [3.05, 3.63) is 84.6 Å². The van der Waals surface area contributed by atoms with E-state index in [1.54, 1.807) is 0 Å². The van der Waals surface area contributed by atoms with Gasteiger partial charge in [0.05, 0.1) is 11.7 Å². The van der Waals surface area contributed by atoms with Crippen molar-refractivity contribution >= 4 is 16.6 Å². The molecule has 0 amide bonds. The zero-order chi connectivity index (χ0) is 22.0. The predicted octanol–water partition coefficient (Wildman–Crippen LogP) is 3.58. The highest BCUT2D eigenvalue weighted by atomic mass is 16.5. The Morgan fingerprint density at radius 3 is 2.47 bits per heavy atom. The summed E-state index contributed by atoms with van der Waals surface area (Å²) in [4.78, 5) is 0. The number of aromatic nitrogens is 2. The Morgan fingerprint density at radius 1 is 0.875 bits per heavy atom. The third-order valence-corrected chi connectivity index (χ3v) is 5.00. The second kappa shape index (κ2) is 11.2. The maximum Gasteiger partial charge on any atom is 0.120 e. The molecule has 0 saturated heterocycles. The van der Waals surface area contributed by atoms with Crippen LogP contribution in [0.25, 0.3) is 10.9 Å². The average molecular weight is 433 g/mol. The first-order valence-corrected chi connectivity index (χ1v) is 10.7. The molecule has 1 atom stereocenters. The Hall–Kier alpha value is -3.55. The summed E-state index contributed by atoms with van der Waals surface area (Å²) in [6, 6.07) is 23.5. The standard InChI is InChI=1S/C25H28N4O3/c30-20(15-26-13-14-27-24-7-4-8-25-23(24)16-28-29-25)18-32-22-11-9-21(10-12-22)31-17-19-5-2-1-3-6-19/h1-12,16,20,26-27,30H,13-15,17-18H2,(H,28,29). The molecule has 7 heteroatoms. The molecule has 32 heavy (non-hydrogen) atoms. The lowest BCUT2D eigenvalue weighted by Crippen LogP contribution is -2.34. The lowest BCUT2D eigenvalue weighted by atomic mass is 10.2. The maximum absolute atomic E-state index is 10.2. The Kier molecular flexibility index (Phi) is 7.57. The first-order valence-electron chi connectivity index (χ1n) is 10.7. The normalized spacial score (nSPS) is 11.9. The third-order valence-electron chi connectivity index (χ3n) is 5.00. The number of rotatable bonds is 12. The van der Waals surface area contributed by atoms with E-state index in [1.807, 2.05) is 79.0 Å². The number of aliphatic hydroxyl groups excluding tert-OH is 1. The minimum absolute atomic E-state index is 0.221. The van der Waals surface area contributed by atoms with Gasteiger partial charge in [0.2, 0.25) is 0 Å². The number of anilines is 1. The van der Waals surface area contributed by atoms with Gasteiger partial charge in [-0.15, -0.1) is 0 Å². The average Bonchev–Trinajstić information content (AvgIpc) is 3.32. The summed E-state index contributed by atoms with van der Waals surface area (Å²) in [6.45, 7) is 2.66. The number of hydrogen-bond acceptors (Lipinski definition) is 6. The maximum atomic E-state index is 10.2. The van der Waals surface area contributed by atoms with E-state index >= 15 is 0 Å². The zero-order valence-electron chi connectivity index (χ0n) is 17.8. The van der Waals surface area contributed by atoms with Gasteiger partial charge in [-0.3, -0.25) is 5.10 Å². The molecule has 1 aromatic heterocycles. The summed E-state index contributed by atoms with van der Waals surface area (Å²) in [5.74, 6) is 1.48. The van der Waals surface area contributed by atoms with Crippen LogP contribution < -0.4 is 20.1 Å². The molecule has 0 fully saturated rings.